The lowest BCUT2D eigenvalue weighted by Crippen LogP contribution is -2.33. The van der Waals surface area contributed by atoms with Crippen molar-refractivity contribution in [1.29, 1.82) is 0 Å². The summed E-state index contributed by atoms with van der Waals surface area (Å²) in [5.74, 6) is -0.721. The summed E-state index contributed by atoms with van der Waals surface area (Å²) in [7, 11) is 0. The van der Waals surface area contributed by atoms with Gasteiger partial charge in [0.25, 0.3) is 5.56 Å². The SMILES string of the molecule is Cc1c(F)c(N2CC3=CC(O)C(O)C3C2)c(C)c2c1c(=O)[nH]c(=O)n2C1CC1. The second-order valence-corrected chi connectivity index (χ2v) is 8.21. The number of hydrogen-bond donors (Lipinski definition) is 3. The van der Waals surface area contributed by atoms with Gasteiger partial charge in [-0.1, -0.05) is 6.08 Å². The van der Waals surface area contributed by atoms with Crippen molar-refractivity contribution < 1.29 is 14.6 Å². The number of halogens is 1. The summed E-state index contributed by atoms with van der Waals surface area (Å²) in [6.07, 6.45) is 1.58. The van der Waals surface area contributed by atoms with E-state index in [0.717, 1.165) is 18.4 Å². The van der Waals surface area contributed by atoms with Crippen LogP contribution in [0.1, 0.15) is 30.0 Å². The van der Waals surface area contributed by atoms with Crippen molar-refractivity contribution in [3.8, 4) is 0 Å². The monoisotopic (exact) mass is 387 g/mol. The van der Waals surface area contributed by atoms with Crippen LogP contribution in [0.3, 0.4) is 0 Å². The summed E-state index contributed by atoms with van der Waals surface area (Å²) in [4.78, 5) is 29.1. The number of H-pyrrole nitrogens is 1. The fourth-order valence-electron chi connectivity index (χ4n) is 4.87. The van der Waals surface area contributed by atoms with Crippen LogP contribution in [0, 0.1) is 25.6 Å². The number of anilines is 1. The summed E-state index contributed by atoms with van der Waals surface area (Å²) in [5.41, 5.74) is 1.50. The van der Waals surface area contributed by atoms with Gasteiger partial charge in [0.1, 0.15) is 0 Å². The molecule has 28 heavy (non-hydrogen) atoms. The Morgan fingerprint density at radius 1 is 1.18 bits per heavy atom. The number of aliphatic hydroxyl groups excluding tert-OH is 2. The van der Waals surface area contributed by atoms with Crippen molar-refractivity contribution in [3.63, 3.8) is 0 Å². The fourth-order valence-corrected chi connectivity index (χ4v) is 4.87. The first-order valence-corrected chi connectivity index (χ1v) is 9.58. The largest absolute Gasteiger partial charge is 0.389 e. The number of rotatable bonds is 2. The van der Waals surface area contributed by atoms with Crippen molar-refractivity contribution >= 4 is 16.6 Å². The Kier molecular flexibility index (Phi) is 3.64. The van der Waals surface area contributed by atoms with Gasteiger partial charge in [-0.05, 0) is 32.3 Å². The van der Waals surface area contributed by atoms with Crippen molar-refractivity contribution in [2.75, 3.05) is 18.0 Å². The summed E-state index contributed by atoms with van der Waals surface area (Å²) >= 11 is 0. The molecular weight excluding hydrogens is 365 g/mol. The molecule has 1 aromatic carbocycles. The van der Waals surface area contributed by atoms with Gasteiger partial charge in [-0.25, -0.2) is 9.18 Å². The van der Waals surface area contributed by atoms with E-state index in [1.54, 1.807) is 24.5 Å². The standard InChI is InChI=1S/C20H22FN3O4/c1-8-14-16(24(11-3-4-11)20(28)22-19(14)27)9(2)17(15(8)21)23-6-10-5-13(25)18(26)12(10)7-23/h5,11-13,18,25-26H,3-4,6-7H2,1-2H3,(H,22,27,28). The molecule has 148 valence electrons. The maximum absolute atomic E-state index is 15.4. The van der Waals surface area contributed by atoms with E-state index in [1.807, 2.05) is 4.90 Å². The van der Waals surface area contributed by atoms with Gasteiger partial charge in [-0.15, -0.1) is 0 Å². The minimum atomic E-state index is -0.891. The molecule has 0 radical (unpaired) electrons. The van der Waals surface area contributed by atoms with Crippen LogP contribution in [-0.4, -0.2) is 45.1 Å². The number of fused-ring (bicyclic) bond motifs is 2. The highest BCUT2D eigenvalue weighted by atomic mass is 19.1. The summed E-state index contributed by atoms with van der Waals surface area (Å²) in [5, 5.41) is 20.2. The number of aromatic nitrogens is 2. The zero-order chi connectivity index (χ0) is 19.9. The van der Waals surface area contributed by atoms with E-state index in [2.05, 4.69) is 4.98 Å². The van der Waals surface area contributed by atoms with Gasteiger partial charge in [0.15, 0.2) is 5.82 Å². The minimum Gasteiger partial charge on any atom is -0.389 e. The Hall–Kier alpha value is -2.45. The molecule has 2 aromatic rings. The Balaban J connectivity index is 1.75. The second-order valence-electron chi connectivity index (χ2n) is 8.21. The van der Waals surface area contributed by atoms with E-state index in [4.69, 9.17) is 0 Å². The number of aromatic amines is 1. The molecule has 2 heterocycles. The smallest absolute Gasteiger partial charge is 0.329 e. The molecule has 3 unspecified atom stereocenters. The van der Waals surface area contributed by atoms with Gasteiger partial charge >= 0.3 is 5.69 Å². The molecule has 1 saturated carbocycles. The normalized spacial score (nSPS) is 26.8. The summed E-state index contributed by atoms with van der Waals surface area (Å²) in [6.45, 7) is 4.08. The predicted octanol–water partition coefficient (Wildman–Crippen LogP) is 0.879. The molecule has 2 fully saturated rings. The zero-order valence-corrected chi connectivity index (χ0v) is 15.7. The molecule has 0 amide bonds. The van der Waals surface area contributed by atoms with Crippen LogP contribution in [0.5, 0.6) is 0 Å². The molecule has 7 nitrogen and oxygen atoms in total. The molecule has 8 heteroatoms. The molecule has 3 N–H and O–H groups in total. The maximum atomic E-state index is 15.4. The lowest BCUT2D eigenvalue weighted by Gasteiger charge is -2.26. The molecule has 0 spiro atoms. The highest BCUT2D eigenvalue weighted by Gasteiger charge is 2.42. The van der Waals surface area contributed by atoms with Gasteiger partial charge in [0.2, 0.25) is 0 Å². The Labute approximate surface area is 159 Å². The lowest BCUT2D eigenvalue weighted by atomic mass is 10.0. The molecule has 1 aliphatic heterocycles. The third-order valence-corrected chi connectivity index (χ3v) is 6.41. The van der Waals surface area contributed by atoms with Crippen molar-refractivity contribution in [2.45, 2.75) is 44.9 Å². The molecule has 5 rings (SSSR count). The Morgan fingerprint density at radius 2 is 1.89 bits per heavy atom. The molecule has 2 aliphatic carbocycles. The molecular formula is C20H22FN3O4. The summed E-state index contributed by atoms with van der Waals surface area (Å²) in [6, 6.07) is 0.0286. The average Bonchev–Trinajstić information content (AvgIpc) is 3.33. The summed E-state index contributed by atoms with van der Waals surface area (Å²) < 4.78 is 17.0. The first-order valence-electron chi connectivity index (χ1n) is 9.58. The second kappa shape index (κ2) is 5.78. The van der Waals surface area contributed by atoms with Crippen LogP contribution in [0.4, 0.5) is 10.1 Å². The van der Waals surface area contributed by atoms with E-state index in [-0.39, 0.29) is 22.9 Å². The van der Waals surface area contributed by atoms with E-state index in [0.29, 0.717) is 29.9 Å². The molecule has 3 atom stereocenters. The van der Waals surface area contributed by atoms with E-state index in [1.165, 1.54) is 0 Å². The quantitative estimate of drug-likeness (QED) is 0.665. The number of hydrogen-bond acceptors (Lipinski definition) is 5. The first kappa shape index (κ1) is 17.6. The highest BCUT2D eigenvalue weighted by Crippen LogP contribution is 2.42. The van der Waals surface area contributed by atoms with E-state index >= 15 is 4.39 Å². The molecule has 3 aliphatic rings. The third-order valence-electron chi connectivity index (χ3n) is 6.41. The highest BCUT2D eigenvalue weighted by molar-refractivity contribution is 5.90. The molecule has 1 aromatic heterocycles. The minimum absolute atomic E-state index is 0.0286. The number of nitrogens with zero attached hydrogens (tertiary/aromatic N) is 2. The van der Waals surface area contributed by atoms with E-state index in [9.17, 15) is 19.8 Å². The van der Waals surface area contributed by atoms with Crippen LogP contribution in [0.15, 0.2) is 21.2 Å². The number of aryl methyl sites for hydroxylation is 2. The number of aliphatic hydroxyl groups is 2. The topological polar surface area (TPSA) is 98.6 Å². The van der Waals surface area contributed by atoms with Crippen LogP contribution in [0.2, 0.25) is 0 Å². The predicted molar refractivity (Wildman–Crippen MR) is 102 cm³/mol. The van der Waals surface area contributed by atoms with Crippen molar-refractivity contribution in [3.05, 3.63) is 49.4 Å². The lowest BCUT2D eigenvalue weighted by molar-refractivity contribution is 0.0364. The van der Waals surface area contributed by atoms with Crippen LogP contribution >= 0.6 is 0 Å². The van der Waals surface area contributed by atoms with Crippen molar-refractivity contribution in [2.24, 2.45) is 5.92 Å². The van der Waals surface area contributed by atoms with Crippen molar-refractivity contribution in [1.82, 2.24) is 9.55 Å². The first-order chi connectivity index (χ1) is 13.3. The molecule has 0 bridgehead atoms. The van der Waals surface area contributed by atoms with Crippen LogP contribution in [0.25, 0.3) is 10.9 Å². The zero-order valence-electron chi connectivity index (χ0n) is 15.7. The number of benzene rings is 1. The van der Waals surface area contributed by atoms with Gasteiger partial charge in [0.05, 0.1) is 28.8 Å². The Bertz CT molecular complexity index is 1160. The van der Waals surface area contributed by atoms with Crippen LogP contribution < -0.4 is 16.1 Å². The van der Waals surface area contributed by atoms with Crippen LogP contribution in [-0.2, 0) is 0 Å². The van der Waals surface area contributed by atoms with E-state index < -0.39 is 29.3 Å². The fraction of sp³-hybridized carbons (Fsp3) is 0.500. The van der Waals surface area contributed by atoms with Gasteiger partial charge in [-0.2, -0.15) is 0 Å². The van der Waals surface area contributed by atoms with Gasteiger partial charge in [0, 0.05) is 36.2 Å². The average molecular weight is 387 g/mol. The maximum Gasteiger partial charge on any atom is 0.329 e. The van der Waals surface area contributed by atoms with Gasteiger partial charge in [-0.3, -0.25) is 14.3 Å². The molecule has 1 saturated heterocycles. The number of nitrogens with one attached hydrogen (secondary N) is 1. The Morgan fingerprint density at radius 3 is 2.54 bits per heavy atom. The van der Waals surface area contributed by atoms with Gasteiger partial charge < -0.3 is 15.1 Å². The third kappa shape index (κ3) is 2.28.